The van der Waals surface area contributed by atoms with Gasteiger partial charge in [0.25, 0.3) is 17.3 Å². The van der Waals surface area contributed by atoms with E-state index in [9.17, 15) is 28.8 Å². The summed E-state index contributed by atoms with van der Waals surface area (Å²) in [6.07, 6.45) is 0.779. The summed E-state index contributed by atoms with van der Waals surface area (Å²) >= 11 is 0. The van der Waals surface area contributed by atoms with E-state index in [4.69, 9.17) is 36.0 Å². The molecule has 0 aliphatic rings. The molecule has 3 rings (SSSR count). The zero-order valence-corrected chi connectivity index (χ0v) is 40.2. The number of carbonyl (C=O) groups excluding carboxylic acids is 6. The van der Waals surface area contributed by atoms with Gasteiger partial charge in [0.15, 0.2) is 16.6 Å². The van der Waals surface area contributed by atoms with Gasteiger partial charge in [-0.1, -0.05) is 136 Å². The van der Waals surface area contributed by atoms with Crippen molar-refractivity contribution in [1.29, 1.82) is 0 Å². The third kappa shape index (κ3) is 30.1. The number of ketones is 3. The van der Waals surface area contributed by atoms with Crippen LogP contribution >= 0.6 is 0 Å². The van der Waals surface area contributed by atoms with Crippen LogP contribution in [0.2, 0.25) is 65.0 Å². The lowest BCUT2D eigenvalue weighted by molar-refractivity contribution is -0.141. The molecule has 3 aromatic carbocycles. The van der Waals surface area contributed by atoms with E-state index >= 15 is 0 Å². The molecule has 0 heterocycles. The van der Waals surface area contributed by atoms with Gasteiger partial charge in [0.05, 0.1) is 19.8 Å². The molecule has 0 radical (unpaired) electrons. The first-order valence-corrected chi connectivity index (χ1v) is 31.8. The highest BCUT2D eigenvalue weighted by Crippen LogP contribution is 2.27. The van der Waals surface area contributed by atoms with Crippen molar-refractivity contribution in [3.05, 3.63) is 108 Å². The molecule has 18 heteroatoms. The van der Waals surface area contributed by atoms with Gasteiger partial charge in [-0.3, -0.25) is 14.4 Å². The van der Waals surface area contributed by atoms with Gasteiger partial charge in [0.1, 0.15) is 19.8 Å². The monoisotopic (exact) mass is 996 g/mol. The Labute approximate surface area is 402 Å². The molecule has 66 heavy (non-hydrogen) atoms. The Kier molecular flexibility index (Phi) is 37.5. The molecule has 0 saturated carbocycles. The summed E-state index contributed by atoms with van der Waals surface area (Å²) in [6.45, 7) is 20.0. The van der Waals surface area contributed by atoms with Crippen LogP contribution in [0.1, 0.15) is 82.1 Å². The van der Waals surface area contributed by atoms with Gasteiger partial charge in [0, 0.05) is 23.3 Å². The minimum atomic E-state index is -2.45. The Balaban J connectivity index is -0.000000349. The van der Waals surface area contributed by atoms with Crippen molar-refractivity contribution >= 4 is 69.0 Å². The maximum atomic E-state index is 12.0. The zero-order valence-electron chi connectivity index (χ0n) is 36.2. The molecule has 0 N–H and O–H groups in total. The summed E-state index contributed by atoms with van der Waals surface area (Å²) in [6, 6.07) is 25.3. The molecule has 0 bridgehead atoms. The highest BCUT2D eigenvalue weighted by atomic mass is 28.5. The van der Waals surface area contributed by atoms with Crippen molar-refractivity contribution in [2.45, 2.75) is 116 Å². The average molecular weight is 998 g/mol. The number of Topliss-reactive ketones (excluding diaryl/α,β-unsaturated/α-hetero) is 3. The molecule has 0 aliphatic carbocycles. The molecular formula is C48H84O14Si4. The van der Waals surface area contributed by atoms with Gasteiger partial charge in [0.2, 0.25) is 0 Å². The van der Waals surface area contributed by atoms with E-state index in [0.29, 0.717) is 12.2 Å². The average Bonchev–Trinajstić information content (AvgIpc) is 3.18. The summed E-state index contributed by atoms with van der Waals surface area (Å²) in [5, 5.41) is 0. The minimum absolute atomic E-state index is 0. The van der Waals surface area contributed by atoms with E-state index in [2.05, 4.69) is 58.9 Å². The van der Waals surface area contributed by atoms with Gasteiger partial charge in [-0.05, 0) is 71.4 Å². The molecular weight excluding hydrogens is 913 g/mol. The van der Waals surface area contributed by atoms with E-state index in [1.807, 2.05) is 0 Å². The van der Waals surface area contributed by atoms with Crippen LogP contribution in [0.25, 0.3) is 0 Å². The first-order valence-electron chi connectivity index (χ1n) is 19.7. The normalized spacial score (nSPS) is 11.4. The zero-order chi connectivity index (χ0) is 44.8. The second-order valence-electron chi connectivity index (χ2n) is 15.9. The Morgan fingerprint density at radius 2 is 0.667 bits per heavy atom. The number of esters is 3. The second-order valence-corrected chi connectivity index (χ2v) is 32.4. The smallest absolute Gasteiger partial charge is 0.379 e. The van der Waals surface area contributed by atoms with Gasteiger partial charge in [-0.15, -0.1) is 0 Å². The molecule has 0 amide bonds. The number of hydrogen-bond acceptors (Lipinski definition) is 14. The SMILES string of the molecule is C.C.C.C.C.C.C[Si](C)(C)O[Si](C)(C)O[Si](C)(CCCOCCOC(=O)C(=O)c1ccccc1)O[Si](C)(C)C.O=C(OCCOCCOC(=O)C(=O)c1ccccc1)C(=O)c1ccccc1. The summed E-state index contributed by atoms with van der Waals surface area (Å²) in [7, 11) is -8.28. The molecule has 0 fully saturated rings. The lowest BCUT2D eigenvalue weighted by Crippen LogP contribution is -2.56. The van der Waals surface area contributed by atoms with Gasteiger partial charge < -0.3 is 36.0 Å². The van der Waals surface area contributed by atoms with Gasteiger partial charge >= 0.3 is 35.0 Å². The van der Waals surface area contributed by atoms with Crippen LogP contribution in [0, 0.1) is 0 Å². The van der Waals surface area contributed by atoms with E-state index in [0.717, 1.165) is 12.5 Å². The van der Waals surface area contributed by atoms with Crippen molar-refractivity contribution in [3.8, 4) is 0 Å². The fourth-order valence-electron chi connectivity index (χ4n) is 5.65. The van der Waals surface area contributed by atoms with Crippen LogP contribution in [0.4, 0.5) is 0 Å². The van der Waals surface area contributed by atoms with Crippen molar-refractivity contribution in [2.75, 3.05) is 46.2 Å². The van der Waals surface area contributed by atoms with Crippen LogP contribution in [0.5, 0.6) is 0 Å². The van der Waals surface area contributed by atoms with E-state index < -0.39 is 69.0 Å². The summed E-state index contributed by atoms with van der Waals surface area (Å²) < 4.78 is 45.0. The van der Waals surface area contributed by atoms with Crippen LogP contribution in [-0.2, 0) is 50.4 Å². The maximum Gasteiger partial charge on any atom is 0.379 e. The lowest BCUT2D eigenvalue weighted by atomic mass is 10.1. The number of carbonyl (C=O) groups is 6. The van der Waals surface area contributed by atoms with Crippen molar-refractivity contribution in [3.63, 3.8) is 0 Å². The molecule has 0 saturated heterocycles. The standard InChI is InChI=1S/C22H42O7Si4.C20H18O7.6CH4/c1-30(2,3)27-32(7,8)29-33(9,28-31(4,5)6)19-13-16-25-17-18-26-22(24)21(23)20-14-11-10-12-15-20;21-17(15-7-3-1-4-8-15)19(23)26-13-11-25-12-14-27-20(24)18(22)16-9-5-2-6-10-16;;;;;;/h10-12,14-15H,13,16-19H2,1-9H3;1-10H,11-14H2;6*1H4. The summed E-state index contributed by atoms with van der Waals surface area (Å²) in [4.78, 5) is 70.6. The predicted molar refractivity (Wildman–Crippen MR) is 276 cm³/mol. The fraction of sp³-hybridized carbons (Fsp3) is 0.500. The summed E-state index contributed by atoms with van der Waals surface area (Å²) in [5.41, 5.74) is 0.816. The predicted octanol–water partition coefficient (Wildman–Crippen LogP) is 11.0. The lowest BCUT2D eigenvalue weighted by Gasteiger charge is -2.41. The van der Waals surface area contributed by atoms with Crippen molar-refractivity contribution in [1.82, 2.24) is 0 Å². The third-order valence-corrected chi connectivity index (χ3v) is 21.0. The maximum absolute atomic E-state index is 12.0. The molecule has 3 aromatic rings. The Morgan fingerprint density at radius 3 is 0.955 bits per heavy atom. The first kappa shape index (κ1) is 70.8. The summed E-state index contributed by atoms with van der Waals surface area (Å²) in [5.74, 6) is -4.91. The molecule has 0 aromatic heterocycles. The van der Waals surface area contributed by atoms with Crippen molar-refractivity contribution in [2.24, 2.45) is 0 Å². The second kappa shape index (κ2) is 35.0. The molecule has 1 unspecified atom stereocenters. The molecule has 0 spiro atoms. The quantitative estimate of drug-likeness (QED) is 0.0196. The Morgan fingerprint density at radius 1 is 0.379 bits per heavy atom. The van der Waals surface area contributed by atoms with Gasteiger partial charge in [-0.25, -0.2) is 14.4 Å². The Bertz CT molecular complexity index is 1750. The van der Waals surface area contributed by atoms with Crippen LogP contribution in [0.3, 0.4) is 0 Å². The molecule has 1 atom stereocenters. The van der Waals surface area contributed by atoms with Gasteiger partial charge in [-0.2, -0.15) is 0 Å². The molecule has 0 aliphatic heterocycles. The highest BCUT2D eigenvalue weighted by Gasteiger charge is 2.44. The topological polar surface area (TPSA) is 176 Å². The third-order valence-electron chi connectivity index (χ3n) is 7.50. The number of hydrogen-bond donors (Lipinski definition) is 0. The van der Waals surface area contributed by atoms with Crippen molar-refractivity contribution < 1.29 is 64.8 Å². The van der Waals surface area contributed by atoms with E-state index in [-0.39, 0.29) is 95.3 Å². The van der Waals surface area contributed by atoms with Crippen LogP contribution < -0.4 is 0 Å². The van der Waals surface area contributed by atoms with Crippen LogP contribution in [0.15, 0.2) is 91.0 Å². The minimum Gasteiger partial charge on any atom is -0.457 e. The number of benzene rings is 3. The highest BCUT2D eigenvalue weighted by molar-refractivity contribution is 6.89. The molecule has 14 nitrogen and oxygen atoms in total. The van der Waals surface area contributed by atoms with E-state index in [1.54, 1.807) is 66.7 Å². The largest absolute Gasteiger partial charge is 0.457 e. The van der Waals surface area contributed by atoms with E-state index in [1.165, 1.54) is 24.3 Å². The fourth-order valence-corrected chi connectivity index (χ4v) is 23.6. The number of rotatable bonds is 25. The first-order chi connectivity index (χ1) is 28.1. The Hall–Kier alpha value is -4.25. The van der Waals surface area contributed by atoms with Crippen LogP contribution in [-0.4, -0.2) is 115 Å². The molecule has 376 valence electrons. The number of ether oxygens (including phenoxy) is 5.